The van der Waals surface area contributed by atoms with Crippen molar-refractivity contribution in [2.24, 2.45) is 11.8 Å². The predicted molar refractivity (Wildman–Crippen MR) is 134 cm³/mol. The van der Waals surface area contributed by atoms with Crippen molar-refractivity contribution in [1.29, 1.82) is 0 Å². The number of alkyl halides is 3. The molecule has 2 fully saturated rings. The molecule has 0 saturated heterocycles. The van der Waals surface area contributed by atoms with Crippen molar-refractivity contribution in [3.05, 3.63) is 47.5 Å². The van der Waals surface area contributed by atoms with E-state index in [0.29, 0.717) is 42.1 Å². The Morgan fingerprint density at radius 3 is 2.42 bits per heavy atom. The monoisotopic (exact) mass is 549 g/mol. The third-order valence-electron chi connectivity index (χ3n) is 7.55. The molecule has 3 heterocycles. The van der Waals surface area contributed by atoms with Crippen LogP contribution in [-0.2, 0) is 22.9 Å². The Balaban J connectivity index is 1.27. The highest BCUT2D eigenvalue weighted by Crippen LogP contribution is 2.44. The van der Waals surface area contributed by atoms with Crippen molar-refractivity contribution in [3.8, 4) is 0 Å². The average molecular weight is 550 g/mol. The molecule has 3 aromatic rings. The Bertz CT molecular complexity index is 1420. The van der Waals surface area contributed by atoms with Crippen LogP contribution in [0.2, 0.25) is 0 Å². The summed E-state index contributed by atoms with van der Waals surface area (Å²) in [4.78, 5) is 21.6. The van der Waals surface area contributed by atoms with E-state index in [-0.39, 0.29) is 41.9 Å². The van der Waals surface area contributed by atoms with Crippen molar-refractivity contribution in [1.82, 2.24) is 25.1 Å². The van der Waals surface area contributed by atoms with E-state index in [1.165, 1.54) is 18.5 Å². The van der Waals surface area contributed by atoms with Gasteiger partial charge in [-0.15, -0.1) is 0 Å². The minimum absolute atomic E-state index is 0.0162. The summed E-state index contributed by atoms with van der Waals surface area (Å²) in [5, 5.41) is 7.49. The first-order valence-electron chi connectivity index (χ1n) is 12.9. The van der Waals surface area contributed by atoms with Crippen LogP contribution in [-0.4, -0.2) is 46.0 Å². The Morgan fingerprint density at radius 2 is 1.82 bits per heavy atom. The van der Waals surface area contributed by atoms with Crippen LogP contribution < -0.4 is 5.32 Å². The van der Waals surface area contributed by atoms with Gasteiger partial charge in [0.05, 0.1) is 40.1 Å². The summed E-state index contributed by atoms with van der Waals surface area (Å²) in [5.41, 5.74) is 3.19. The molecule has 0 radical (unpaired) electrons. The van der Waals surface area contributed by atoms with E-state index in [0.717, 1.165) is 24.1 Å². The number of fused-ring (bicyclic) bond motifs is 1. The fourth-order valence-electron chi connectivity index (χ4n) is 5.11. The Kier molecular flexibility index (Phi) is 7.19. The van der Waals surface area contributed by atoms with Gasteiger partial charge in [0.25, 0.3) is 5.91 Å². The molecule has 38 heavy (non-hydrogen) atoms. The molecule has 0 spiro atoms. The quantitative estimate of drug-likeness (QED) is 0.433. The second-order valence-electron chi connectivity index (χ2n) is 10.3. The van der Waals surface area contributed by atoms with Crippen LogP contribution in [0, 0.1) is 11.8 Å². The second kappa shape index (κ2) is 10.3. The lowest BCUT2D eigenvalue weighted by Crippen LogP contribution is -2.29. The number of halogens is 3. The number of nitrogens with one attached hydrogen (secondary N) is 1. The highest BCUT2D eigenvalue weighted by Gasteiger charge is 2.41. The first-order valence-corrected chi connectivity index (χ1v) is 14.6. The minimum Gasteiger partial charge on any atom is -0.346 e. The Morgan fingerprint density at radius 1 is 1.08 bits per heavy atom. The van der Waals surface area contributed by atoms with E-state index in [1.54, 1.807) is 19.1 Å². The zero-order chi connectivity index (χ0) is 27.1. The maximum atomic E-state index is 13.1. The molecule has 3 aromatic heterocycles. The van der Waals surface area contributed by atoms with Crippen LogP contribution >= 0.6 is 0 Å². The molecule has 8 nitrogen and oxygen atoms in total. The van der Waals surface area contributed by atoms with Gasteiger partial charge in [-0.25, -0.2) is 8.42 Å². The van der Waals surface area contributed by atoms with E-state index in [4.69, 9.17) is 5.10 Å². The lowest BCUT2D eigenvalue weighted by atomic mass is 9.81. The molecule has 0 aliphatic heterocycles. The molecule has 5 rings (SSSR count). The van der Waals surface area contributed by atoms with Gasteiger partial charge in [0.15, 0.2) is 9.84 Å². The number of aromatic nitrogens is 4. The molecule has 12 heteroatoms. The first kappa shape index (κ1) is 26.6. The summed E-state index contributed by atoms with van der Waals surface area (Å²) in [6.07, 6.45) is 2.07. The summed E-state index contributed by atoms with van der Waals surface area (Å²) in [6.45, 7) is 2.24. The van der Waals surface area contributed by atoms with E-state index >= 15 is 0 Å². The number of hydrogen-bond acceptors (Lipinski definition) is 6. The minimum atomic E-state index is -4.12. The third kappa shape index (κ3) is 5.69. The summed E-state index contributed by atoms with van der Waals surface area (Å²) in [5.74, 6) is -1.12. The van der Waals surface area contributed by atoms with Gasteiger partial charge in [-0.1, -0.05) is 6.92 Å². The summed E-state index contributed by atoms with van der Waals surface area (Å²) in [6, 6.07) is 4.73. The normalized spacial score (nSPS) is 20.5. The molecule has 0 unspecified atom stereocenters. The molecule has 2 aliphatic carbocycles. The van der Waals surface area contributed by atoms with Gasteiger partial charge in [0, 0.05) is 24.9 Å². The molecule has 204 valence electrons. The standard InChI is InChI=1S/C26H30F3N5O3S/c1-2-38(36,37)21-10-9-20(30-14-21)13-32-25(35)18-11-22-23(31-12-18)24(17-5-6-17)34(33-22)15-16-3-7-19(8-4-16)26(27,28)29/h9-12,14,16-17,19H,2-8,13,15H2,1H3,(H,32,35)/t16-,19-. The summed E-state index contributed by atoms with van der Waals surface area (Å²) >= 11 is 0. The van der Waals surface area contributed by atoms with Gasteiger partial charge in [0.2, 0.25) is 0 Å². The number of pyridine rings is 2. The molecule has 1 amide bonds. The van der Waals surface area contributed by atoms with Crippen LogP contribution in [0.5, 0.6) is 0 Å². The number of carbonyl (C=O) groups is 1. The van der Waals surface area contributed by atoms with E-state index in [1.807, 2.05) is 4.68 Å². The van der Waals surface area contributed by atoms with Gasteiger partial charge >= 0.3 is 6.18 Å². The van der Waals surface area contributed by atoms with Crippen LogP contribution in [0.4, 0.5) is 13.2 Å². The number of hydrogen-bond donors (Lipinski definition) is 1. The molecule has 0 bridgehead atoms. The fraction of sp³-hybridized carbons (Fsp3) is 0.538. The van der Waals surface area contributed by atoms with Crippen molar-refractivity contribution >= 4 is 26.8 Å². The van der Waals surface area contributed by atoms with E-state index in [2.05, 4.69) is 15.3 Å². The van der Waals surface area contributed by atoms with E-state index < -0.39 is 21.9 Å². The van der Waals surface area contributed by atoms with Gasteiger partial charge in [-0.05, 0) is 62.6 Å². The van der Waals surface area contributed by atoms with Crippen molar-refractivity contribution in [3.63, 3.8) is 0 Å². The lowest BCUT2D eigenvalue weighted by Gasteiger charge is -2.30. The SMILES string of the molecule is CCS(=O)(=O)c1ccc(CNC(=O)c2cnc3c(C4CC4)n(C[C@H]4CC[C@H](C(F)(F)F)CC4)nc3c2)nc1. The number of carbonyl (C=O) groups excluding carboxylic acids is 1. The van der Waals surface area contributed by atoms with E-state index in [9.17, 15) is 26.4 Å². The number of sulfone groups is 1. The Hall–Kier alpha value is -3.02. The zero-order valence-electron chi connectivity index (χ0n) is 21.0. The molecule has 1 N–H and O–H groups in total. The second-order valence-corrected chi connectivity index (χ2v) is 12.5. The third-order valence-corrected chi connectivity index (χ3v) is 9.27. The highest BCUT2D eigenvalue weighted by molar-refractivity contribution is 7.91. The maximum Gasteiger partial charge on any atom is 0.391 e. The van der Waals surface area contributed by atoms with Crippen molar-refractivity contribution < 1.29 is 26.4 Å². The van der Waals surface area contributed by atoms with Crippen LogP contribution in [0.25, 0.3) is 11.0 Å². The van der Waals surface area contributed by atoms with Gasteiger partial charge in [0.1, 0.15) is 11.0 Å². The van der Waals surface area contributed by atoms with Crippen molar-refractivity contribution in [2.45, 2.75) is 75.5 Å². The fourth-order valence-corrected chi connectivity index (χ4v) is 5.94. The summed E-state index contributed by atoms with van der Waals surface area (Å²) < 4.78 is 65.0. The van der Waals surface area contributed by atoms with Gasteiger partial charge in [-0.2, -0.15) is 18.3 Å². The van der Waals surface area contributed by atoms with Crippen LogP contribution in [0.15, 0.2) is 35.5 Å². The zero-order valence-corrected chi connectivity index (χ0v) is 21.9. The van der Waals surface area contributed by atoms with Gasteiger partial charge < -0.3 is 5.32 Å². The highest BCUT2D eigenvalue weighted by atomic mass is 32.2. The predicted octanol–water partition coefficient (Wildman–Crippen LogP) is 4.80. The van der Waals surface area contributed by atoms with Crippen LogP contribution in [0.3, 0.4) is 0 Å². The molecule has 0 atom stereocenters. The summed E-state index contributed by atoms with van der Waals surface area (Å²) in [7, 11) is -3.34. The molecular weight excluding hydrogens is 519 g/mol. The number of nitrogens with zero attached hydrogens (tertiary/aromatic N) is 4. The lowest BCUT2D eigenvalue weighted by molar-refractivity contribution is -0.184. The molecule has 2 aliphatic rings. The largest absolute Gasteiger partial charge is 0.391 e. The van der Waals surface area contributed by atoms with Crippen LogP contribution in [0.1, 0.15) is 73.1 Å². The topological polar surface area (TPSA) is 107 Å². The smallest absolute Gasteiger partial charge is 0.346 e. The molecular formula is C26H30F3N5O3S. The van der Waals surface area contributed by atoms with Gasteiger partial charge in [-0.3, -0.25) is 19.4 Å². The Labute approximate surface area is 219 Å². The number of rotatable bonds is 8. The number of amides is 1. The first-order chi connectivity index (χ1) is 18.0. The molecule has 0 aromatic carbocycles. The molecule has 2 saturated carbocycles. The maximum absolute atomic E-state index is 13.1. The average Bonchev–Trinajstić information content (AvgIpc) is 3.67. The van der Waals surface area contributed by atoms with Crippen molar-refractivity contribution in [2.75, 3.05) is 5.75 Å².